The van der Waals surface area contributed by atoms with Gasteiger partial charge >= 0.3 is 5.97 Å². The van der Waals surface area contributed by atoms with Crippen LogP contribution in [0.1, 0.15) is 12.5 Å². The fraction of sp³-hybridized carbons (Fsp3) is 0.188. The molecule has 0 radical (unpaired) electrons. The first-order valence-electron chi connectivity index (χ1n) is 6.48. The van der Waals surface area contributed by atoms with Crippen LogP contribution in [0.15, 0.2) is 60.7 Å². The van der Waals surface area contributed by atoms with Crippen LogP contribution in [0.5, 0.6) is 0 Å². The molecule has 20 heavy (non-hydrogen) atoms. The normalized spacial score (nSPS) is 11.7. The summed E-state index contributed by atoms with van der Waals surface area (Å²) in [4.78, 5) is 12.1. The van der Waals surface area contributed by atoms with Gasteiger partial charge in [-0.2, -0.15) is 0 Å². The van der Waals surface area contributed by atoms with Crippen molar-refractivity contribution in [3.8, 4) is 0 Å². The molecule has 0 aliphatic carbocycles. The average molecular weight is 287 g/mol. The Morgan fingerprint density at radius 3 is 2.25 bits per heavy atom. The highest BCUT2D eigenvalue weighted by Crippen LogP contribution is 2.21. The molecule has 0 bridgehead atoms. The van der Waals surface area contributed by atoms with Crippen molar-refractivity contribution in [2.45, 2.75) is 19.6 Å². The van der Waals surface area contributed by atoms with E-state index in [1.807, 2.05) is 72.3 Å². The van der Waals surface area contributed by atoms with Crippen molar-refractivity contribution < 1.29 is 9.53 Å². The van der Waals surface area contributed by atoms with Gasteiger partial charge in [-0.3, -0.25) is 0 Å². The number of esters is 1. The fourth-order valence-corrected chi connectivity index (χ4v) is 2.08. The van der Waals surface area contributed by atoms with Gasteiger partial charge in [0.05, 0.1) is 0 Å². The number of nitrogens with zero attached hydrogens (tertiary/aromatic N) is 1. The molecule has 0 spiro atoms. The lowest BCUT2D eigenvalue weighted by atomic mass is 10.2. The summed E-state index contributed by atoms with van der Waals surface area (Å²) in [7, 11) is 2.57. The van der Waals surface area contributed by atoms with E-state index in [9.17, 15) is 4.79 Å². The Hall–Kier alpha value is -1.86. The predicted molar refractivity (Wildman–Crippen MR) is 84.3 cm³/mol. The van der Waals surface area contributed by atoms with Gasteiger partial charge in [-0.05, 0) is 34.0 Å². The molecule has 0 aliphatic rings. The summed E-state index contributed by atoms with van der Waals surface area (Å²) in [6.45, 7) is 2.13. The van der Waals surface area contributed by atoms with E-state index in [-0.39, 0.29) is 12.0 Å². The van der Waals surface area contributed by atoms with E-state index in [0.29, 0.717) is 6.61 Å². The lowest BCUT2D eigenvalue weighted by molar-refractivity contribution is -0.145. The topological polar surface area (TPSA) is 29.5 Å². The molecule has 0 heterocycles. The third-order valence-electron chi connectivity index (χ3n) is 3.04. The van der Waals surface area contributed by atoms with Gasteiger partial charge in [-0.25, -0.2) is 4.79 Å². The highest BCUT2D eigenvalue weighted by atomic mass is 31.0. The van der Waals surface area contributed by atoms with Gasteiger partial charge in [-0.15, -0.1) is 0 Å². The molecule has 0 fully saturated rings. The van der Waals surface area contributed by atoms with E-state index in [2.05, 4.69) is 9.39 Å². The Morgan fingerprint density at radius 2 is 1.65 bits per heavy atom. The molecule has 0 amide bonds. The second-order valence-electron chi connectivity index (χ2n) is 4.51. The van der Waals surface area contributed by atoms with Crippen LogP contribution in [0, 0.1) is 0 Å². The van der Waals surface area contributed by atoms with Crippen LogP contribution in [-0.2, 0) is 16.1 Å². The highest BCUT2D eigenvalue weighted by Gasteiger charge is 2.20. The zero-order chi connectivity index (χ0) is 14.4. The molecule has 2 rings (SSSR count). The highest BCUT2D eigenvalue weighted by molar-refractivity contribution is 7.19. The molecule has 3 nitrogen and oxygen atoms in total. The van der Waals surface area contributed by atoms with E-state index < -0.39 is 0 Å². The smallest absolute Gasteiger partial charge is 0.329 e. The molecule has 0 N–H and O–H groups in total. The monoisotopic (exact) mass is 287 g/mol. The van der Waals surface area contributed by atoms with Crippen molar-refractivity contribution in [2.24, 2.45) is 0 Å². The molecule has 0 aromatic heterocycles. The van der Waals surface area contributed by atoms with E-state index in [4.69, 9.17) is 4.74 Å². The first-order valence-corrected chi connectivity index (χ1v) is 6.99. The maximum absolute atomic E-state index is 12.1. The van der Waals surface area contributed by atoms with E-state index in [0.717, 1.165) is 11.3 Å². The van der Waals surface area contributed by atoms with E-state index in [1.54, 1.807) is 0 Å². The average Bonchev–Trinajstić information content (AvgIpc) is 2.53. The zero-order valence-electron chi connectivity index (χ0n) is 11.4. The Labute approximate surface area is 121 Å². The van der Waals surface area contributed by atoms with Gasteiger partial charge in [0.15, 0.2) is 0 Å². The van der Waals surface area contributed by atoms with Gasteiger partial charge in [0.25, 0.3) is 0 Å². The fourth-order valence-electron chi connectivity index (χ4n) is 1.79. The number of anilines is 1. The summed E-state index contributed by atoms with van der Waals surface area (Å²) in [5, 5.41) is 0. The summed E-state index contributed by atoms with van der Waals surface area (Å²) < 4.78 is 7.17. The number of benzene rings is 2. The number of carbonyl (C=O) groups excluding carboxylic acids is 1. The second kappa shape index (κ2) is 7.06. The van der Waals surface area contributed by atoms with Crippen molar-refractivity contribution >= 4 is 21.0 Å². The number of para-hydroxylation sites is 1. The van der Waals surface area contributed by atoms with Crippen LogP contribution in [0.2, 0.25) is 0 Å². The SMILES string of the molecule is C[C@@H](C(=O)OCc1ccccc1)N(P)c1ccccc1. The Kier molecular flexibility index (Phi) is 5.14. The summed E-state index contributed by atoms with van der Waals surface area (Å²) in [5.41, 5.74) is 1.95. The van der Waals surface area contributed by atoms with Gasteiger partial charge in [0, 0.05) is 5.69 Å². The Bertz CT molecular complexity index is 545. The molecule has 0 aliphatic heterocycles. The van der Waals surface area contributed by atoms with Gasteiger partial charge in [0.2, 0.25) is 0 Å². The van der Waals surface area contributed by atoms with Crippen molar-refractivity contribution in [2.75, 3.05) is 4.67 Å². The molecule has 2 aromatic rings. The Balaban J connectivity index is 1.92. The van der Waals surface area contributed by atoms with Crippen molar-refractivity contribution in [1.29, 1.82) is 0 Å². The first-order chi connectivity index (χ1) is 9.68. The third kappa shape index (κ3) is 3.82. The van der Waals surface area contributed by atoms with Gasteiger partial charge in [-0.1, -0.05) is 48.5 Å². The van der Waals surface area contributed by atoms with Crippen LogP contribution in [-0.4, -0.2) is 12.0 Å². The molecule has 104 valence electrons. The maximum Gasteiger partial charge on any atom is 0.329 e. The lowest BCUT2D eigenvalue weighted by Gasteiger charge is -2.24. The number of hydrogen-bond donors (Lipinski definition) is 0. The summed E-state index contributed by atoms with van der Waals surface area (Å²) >= 11 is 0. The van der Waals surface area contributed by atoms with Gasteiger partial charge in [0.1, 0.15) is 12.6 Å². The van der Waals surface area contributed by atoms with Crippen molar-refractivity contribution in [3.05, 3.63) is 66.2 Å². The number of ether oxygens (including phenoxy) is 1. The minimum atomic E-state index is -0.355. The zero-order valence-corrected chi connectivity index (χ0v) is 12.6. The molecule has 4 heteroatoms. The maximum atomic E-state index is 12.1. The number of hydrogen-bond acceptors (Lipinski definition) is 3. The molecule has 0 saturated carbocycles. The molecular weight excluding hydrogens is 269 g/mol. The molecular formula is C16H18NO2P. The minimum Gasteiger partial charge on any atom is -0.459 e. The summed E-state index contributed by atoms with van der Waals surface area (Å²) in [6, 6.07) is 19.0. The Morgan fingerprint density at radius 1 is 1.10 bits per heavy atom. The first kappa shape index (κ1) is 14.5. The van der Waals surface area contributed by atoms with Crippen molar-refractivity contribution in [3.63, 3.8) is 0 Å². The van der Waals surface area contributed by atoms with Crippen LogP contribution < -0.4 is 4.67 Å². The van der Waals surface area contributed by atoms with Crippen molar-refractivity contribution in [1.82, 2.24) is 0 Å². The van der Waals surface area contributed by atoms with Crippen LogP contribution in [0.25, 0.3) is 0 Å². The summed E-state index contributed by atoms with van der Waals surface area (Å²) in [5.74, 6) is -0.243. The predicted octanol–water partition coefficient (Wildman–Crippen LogP) is 3.42. The van der Waals surface area contributed by atoms with Crippen LogP contribution >= 0.6 is 9.39 Å². The molecule has 2 aromatic carbocycles. The number of rotatable bonds is 5. The molecule has 1 unspecified atom stereocenters. The molecule has 0 saturated heterocycles. The second-order valence-corrected chi connectivity index (χ2v) is 5.07. The van der Waals surface area contributed by atoms with Gasteiger partial charge < -0.3 is 9.41 Å². The lowest BCUT2D eigenvalue weighted by Crippen LogP contribution is -2.33. The van der Waals surface area contributed by atoms with E-state index in [1.165, 1.54) is 0 Å². The van der Waals surface area contributed by atoms with E-state index >= 15 is 0 Å². The summed E-state index contributed by atoms with van der Waals surface area (Å²) in [6.07, 6.45) is 0. The van der Waals surface area contributed by atoms with Crippen LogP contribution in [0.3, 0.4) is 0 Å². The quantitative estimate of drug-likeness (QED) is 0.623. The standard InChI is InChI=1S/C16H18NO2P/c1-13(17(20)15-10-6-3-7-11-15)16(18)19-12-14-8-4-2-5-9-14/h2-11,13H,12,20H2,1H3/t13-/m0/s1. The minimum absolute atomic E-state index is 0.243. The third-order valence-corrected chi connectivity index (χ3v) is 3.78. The van der Waals surface area contributed by atoms with Crippen LogP contribution in [0.4, 0.5) is 5.69 Å². The largest absolute Gasteiger partial charge is 0.459 e. The number of carbonyl (C=O) groups is 1. The molecule has 2 atom stereocenters.